The first-order valence-corrected chi connectivity index (χ1v) is 18.8. The normalized spacial score (nSPS) is 11.7. The Kier molecular flexibility index (Phi) is 7.00. The minimum Gasteiger partial charge on any atom is -0.455 e. The fraction of sp³-hybridized carbons (Fsp3) is 0. The maximum atomic E-state index is 6.80. The molecule has 0 bridgehead atoms. The molecule has 0 spiro atoms. The van der Waals surface area contributed by atoms with Crippen molar-refractivity contribution in [2.75, 3.05) is 0 Å². The summed E-state index contributed by atoms with van der Waals surface area (Å²) in [5, 5.41) is 5.85. The molecule has 4 heterocycles. The van der Waals surface area contributed by atoms with Crippen molar-refractivity contribution in [1.82, 2.24) is 15.0 Å². The number of furan rings is 1. The average Bonchev–Trinajstić information content (AvgIpc) is 3.83. The molecule has 252 valence electrons. The van der Waals surface area contributed by atoms with Gasteiger partial charge in [-0.2, -0.15) is 0 Å². The number of pyridine rings is 1. The van der Waals surface area contributed by atoms with Crippen LogP contribution in [-0.4, -0.2) is 15.0 Å². The Balaban J connectivity index is 1.11. The zero-order valence-electron chi connectivity index (χ0n) is 28.9. The number of fused-ring (bicyclic) bond motifs is 7. The Morgan fingerprint density at radius 1 is 0.444 bits per heavy atom. The van der Waals surface area contributed by atoms with Gasteiger partial charge in [-0.25, -0.2) is 9.97 Å². The van der Waals surface area contributed by atoms with Crippen LogP contribution in [0, 0.1) is 0 Å². The van der Waals surface area contributed by atoms with Crippen molar-refractivity contribution >= 4 is 64.4 Å². The minimum atomic E-state index is 0.654. The van der Waals surface area contributed by atoms with Crippen molar-refractivity contribution in [2.45, 2.75) is 0 Å². The molecular weight excluding hydrogens is 679 g/mol. The molecule has 0 aliphatic rings. The minimum absolute atomic E-state index is 0.654. The number of benzene rings is 7. The summed E-state index contributed by atoms with van der Waals surface area (Å²) >= 11 is 1.84. The van der Waals surface area contributed by atoms with Crippen LogP contribution in [0.1, 0.15) is 0 Å². The molecule has 11 rings (SSSR count). The Hall–Kier alpha value is -6.95. The van der Waals surface area contributed by atoms with Crippen LogP contribution < -0.4 is 0 Å². The van der Waals surface area contributed by atoms with Gasteiger partial charge in [0.2, 0.25) is 0 Å². The topological polar surface area (TPSA) is 51.8 Å². The van der Waals surface area contributed by atoms with Crippen molar-refractivity contribution in [3.8, 4) is 56.2 Å². The molecular formula is C49H29N3OS. The van der Waals surface area contributed by atoms with Crippen LogP contribution in [0.4, 0.5) is 0 Å². The summed E-state index contributed by atoms with van der Waals surface area (Å²) in [7, 11) is 0. The summed E-state index contributed by atoms with van der Waals surface area (Å²) in [5.41, 5.74) is 11.8. The largest absolute Gasteiger partial charge is 0.455 e. The Morgan fingerprint density at radius 3 is 2.06 bits per heavy atom. The van der Waals surface area contributed by atoms with Gasteiger partial charge in [-0.3, -0.25) is 4.98 Å². The summed E-state index contributed by atoms with van der Waals surface area (Å²) in [6.45, 7) is 0. The van der Waals surface area contributed by atoms with E-state index in [1.54, 1.807) is 0 Å². The fourth-order valence-electron chi connectivity index (χ4n) is 7.84. The van der Waals surface area contributed by atoms with Gasteiger partial charge in [0, 0.05) is 64.8 Å². The third-order valence-electron chi connectivity index (χ3n) is 10.4. The van der Waals surface area contributed by atoms with Crippen LogP contribution in [0.25, 0.3) is 109 Å². The molecule has 0 amide bonds. The van der Waals surface area contributed by atoms with E-state index in [0.29, 0.717) is 5.82 Å². The second kappa shape index (κ2) is 12.3. The molecule has 0 saturated heterocycles. The van der Waals surface area contributed by atoms with Crippen LogP contribution in [-0.2, 0) is 0 Å². The number of thiophene rings is 1. The Morgan fingerprint density at radius 2 is 1.15 bits per heavy atom. The second-order valence-electron chi connectivity index (χ2n) is 13.5. The van der Waals surface area contributed by atoms with Gasteiger partial charge >= 0.3 is 0 Å². The summed E-state index contributed by atoms with van der Waals surface area (Å²) in [6.07, 6.45) is 1.84. The van der Waals surface area contributed by atoms with E-state index in [-0.39, 0.29) is 0 Å². The lowest BCUT2D eigenvalue weighted by atomic mass is 9.95. The maximum Gasteiger partial charge on any atom is 0.160 e. The highest BCUT2D eigenvalue weighted by Gasteiger charge is 2.21. The van der Waals surface area contributed by atoms with Crippen LogP contribution in [0.2, 0.25) is 0 Å². The first-order valence-electron chi connectivity index (χ1n) is 18.0. The number of rotatable bonds is 5. The first-order chi connectivity index (χ1) is 26.8. The van der Waals surface area contributed by atoms with Crippen molar-refractivity contribution in [1.29, 1.82) is 0 Å². The smallest absolute Gasteiger partial charge is 0.160 e. The molecule has 5 heteroatoms. The molecule has 0 saturated carbocycles. The van der Waals surface area contributed by atoms with Gasteiger partial charge in [-0.15, -0.1) is 11.3 Å². The molecule has 0 aliphatic heterocycles. The fourth-order valence-corrected chi connectivity index (χ4v) is 9.07. The third-order valence-corrected chi connectivity index (χ3v) is 11.6. The van der Waals surface area contributed by atoms with Crippen LogP contribution in [0.15, 0.2) is 180 Å². The highest BCUT2D eigenvalue weighted by atomic mass is 32.1. The average molecular weight is 708 g/mol. The van der Waals surface area contributed by atoms with E-state index in [4.69, 9.17) is 14.4 Å². The van der Waals surface area contributed by atoms with Gasteiger partial charge in [-0.05, 0) is 53.1 Å². The molecule has 4 nitrogen and oxygen atoms in total. The SMILES string of the molecule is c1ccc(-c2cc(-c3ccc(-c4cccc5c4sc4ccccc45)c4c3oc3ccccc34)nc(-c3ccc(-c4cccc5ncccc45)cc3)n2)cc1. The van der Waals surface area contributed by atoms with Crippen LogP contribution in [0.5, 0.6) is 0 Å². The molecule has 0 unspecified atom stereocenters. The van der Waals surface area contributed by atoms with Crippen molar-refractivity contribution in [2.24, 2.45) is 0 Å². The second-order valence-corrected chi connectivity index (χ2v) is 14.6. The highest BCUT2D eigenvalue weighted by molar-refractivity contribution is 7.26. The molecule has 0 aliphatic carbocycles. The summed E-state index contributed by atoms with van der Waals surface area (Å²) < 4.78 is 9.36. The molecule has 0 atom stereocenters. The van der Waals surface area contributed by atoms with Gasteiger partial charge in [-0.1, -0.05) is 133 Å². The van der Waals surface area contributed by atoms with Crippen molar-refractivity contribution in [3.63, 3.8) is 0 Å². The summed E-state index contributed by atoms with van der Waals surface area (Å²) in [6, 6.07) is 59.4. The number of hydrogen-bond acceptors (Lipinski definition) is 5. The van der Waals surface area contributed by atoms with E-state index in [1.807, 2.05) is 53.9 Å². The highest BCUT2D eigenvalue weighted by Crippen LogP contribution is 2.46. The van der Waals surface area contributed by atoms with Crippen LogP contribution in [0.3, 0.4) is 0 Å². The molecule has 7 aromatic carbocycles. The van der Waals surface area contributed by atoms with E-state index in [1.165, 1.54) is 25.7 Å². The lowest BCUT2D eigenvalue weighted by molar-refractivity contribution is 0.670. The van der Waals surface area contributed by atoms with Gasteiger partial charge < -0.3 is 4.42 Å². The van der Waals surface area contributed by atoms with E-state index < -0.39 is 0 Å². The molecule has 54 heavy (non-hydrogen) atoms. The quantitative estimate of drug-likeness (QED) is 0.179. The Labute approximate surface area is 314 Å². The monoisotopic (exact) mass is 707 g/mol. The van der Waals surface area contributed by atoms with Crippen molar-refractivity contribution < 1.29 is 4.42 Å². The zero-order valence-corrected chi connectivity index (χ0v) is 29.7. The predicted octanol–water partition coefficient (Wildman–Crippen LogP) is 13.6. The van der Waals surface area contributed by atoms with E-state index >= 15 is 0 Å². The number of nitrogens with zero attached hydrogens (tertiary/aromatic N) is 3. The maximum absolute atomic E-state index is 6.80. The predicted molar refractivity (Wildman–Crippen MR) is 225 cm³/mol. The molecule has 0 N–H and O–H groups in total. The van der Waals surface area contributed by atoms with E-state index in [0.717, 1.165) is 77.6 Å². The molecule has 4 aromatic heterocycles. The van der Waals surface area contributed by atoms with E-state index in [9.17, 15) is 0 Å². The standard InChI is InChI=1S/C49H29N3OS/c1-2-11-31(12-3-1)42-29-43(52-49(51-42)32-24-22-30(23-25-32)33-15-9-19-41-34(33)18-10-28-50-41)39-27-26-36(46-40-14-4-6-20-44(40)53-47(39)46)38-17-8-16-37-35-13-5-7-21-45(35)54-48(37)38/h1-29H. The van der Waals surface area contributed by atoms with Crippen LogP contribution >= 0.6 is 11.3 Å². The zero-order chi connectivity index (χ0) is 35.6. The number of hydrogen-bond donors (Lipinski definition) is 0. The van der Waals surface area contributed by atoms with Crippen molar-refractivity contribution in [3.05, 3.63) is 176 Å². The first kappa shape index (κ1) is 30.7. The number of para-hydroxylation sites is 1. The lowest BCUT2D eigenvalue weighted by Gasteiger charge is -2.12. The van der Waals surface area contributed by atoms with Gasteiger partial charge in [0.1, 0.15) is 11.2 Å². The molecule has 0 fully saturated rings. The molecule has 0 radical (unpaired) electrons. The van der Waals surface area contributed by atoms with Gasteiger partial charge in [0.05, 0.1) is 16.9 Å². The lowest BCUT2D eigenvalue weighted by Crippen LogP contribution is -1.96. The number of aromatic nitrogens is 3. The molecule has 11 aromatic rings. The summed E-state index contributed by atoms with van der Waals surface area (Å²) in [5.74, 6) is 0.654. The third kappa shape index (κ3) is 4.94. The Bertz CT molecular complexity index is 3210. The van der Waals surface area contributed by atoms with E-state index in [2.05, 4.69) is 138 Å². The van der Waals surface area contributed by atoms with Gasteiger partial charge in [0.25, 0.3) is 0 Å². The van der Waals surface area contributed by atoms with Gasteiger partial charge in [0.15, 0.2) is 5.82 Å². The summed E-state index contributed by atoms with van der Waals surface area (Å²) in [4.78, 5) is 15.0.